The fourth-order valence-electron chi connectivity index (χ4n) is 3.71. The van der Waals surface area contributed by atoms with Crippen molar-refractivity contribution in [2.24, 2.45) is 17.3 Å². The maximum absolute atomic E-state index is 12.4. The summed E-state index contributed by atoms with van der Waals surface area (Å²) < 4.78 is 0. The Labute approximate surface area is 125 Å². The molecule has 1 aromatic carbocycles. The summed E-state index contributed by atoms with van der Waals surface area (Å²) in [5.74, 6) is 0.588. The third-order valence-corrected chi connectivity index (χ3v) is 4.99. The van der Waals surface area contributed by atoms with E-state index in [1.54, 1.807) is 0 Å². The van der Waals surface area contributed by atoms with E-state index in [1.807, 2.05) is 38.1 Å². The second kappa shape index (κ2) is 5.00. The summed E-state index contributed by atoms with van der Waals surface area (Å²) in [6.45, 7) is 3.97. The molecular formula is C19H19NO. The number of carbonyl (C=O) groups excluding carboxylic acids is 1. The lowest BCUT2D eigenvalue weighted by molar-refractivity contribution is -0.127. The number of benzene rings is 1. The molecule has 0 spiro atoms. The van der Waals surface area contributed by atoms with Crippen molar-refractivity contribution < 1.29 is 4.79 Å². The molecule has 2 heteroatoms. The van der Waals surface area contributed by atoms with Gasteiger partial charge in [-0.05, 0) is 35.8 Å². The van der Waals surface area contributed by atoms with Crippen LogP contribution in [-0.4, -0.2) is 5.78 Å². The largest absolute Gasteiger partial charge is 0.293 e. The number of ketones is 1. The van der Waals surface area contributed by atoms with Crippen LogP contribution in [0.2, 0.25) is 0 Å². The van der Waals surface area contributed by atoms with E-state index in [1.165, 1.54) is 11.1 Å². The first-order valence-electron chi connectivity index (χ1n) is 7.45. The van der Waals surface area contributed by atoms with Crippen LogP contribution < -0.4 is 0 Å². The summed E-state index contributed by atoms with van der Waals surface area (Å²) in [6, 6.07) is 12.5. The van der Waals surface area contributed by atoms with Crippen molar-refractivity contribution in [1.82, 2.24) is 0 Å². The Morgan fingerprint density at radius 2 is 1.95 bits per heavy atom. The number of fused-ring (bicyclic) bond motifs is 1. The number of nitriles is 1. The van der Waals surface area contributed by atoms with E-state index in [0.717, 1.165) is 12.8 Å². The van der Waals surface area contributed by atoms with Gasteiger partial charge in [-0.2, -0.15) is 5.26 Å². The van der Waals surface area contributed by atoms with E-state index in [9.17, 15) is 10.1 Å². The van der Waals surface area contributed by atoms with Crippen molar-refractivity contribution >= 4 is 11.4 Å². The molecule has 0 aromatic heterocycles. The Kier molecular flexibility index (Phi) is 3.29. The smallest absolute Gasteiger partial charge is 0.178 e. The fourth-order valence-corrected chi connectivity index (χ4v) is 3.71. The Balaban J connectivity index is 1.97. The SMILES string of the molecule is CC1(C)C(=O)C(C#N)=CC2CC(c3ccccc3)=CCC21. The summed E-state index contributed by atoms with van der Waals surface area (Å²) >= 11 is 0. The van der Waals surface area contributed by atoms with Gasteiger partial charge in [0.15, 0.2) is 5.78 Å². The average molecular weight is 277 g/mol. The molecule has 0 saturated heterocycles. The van der Waals surface area contributed by atoms with E-state index in [0.29, 0.717) is 11.5 Å². The molecule has 1 aromatic rings. The van der Waals surface area contributed by atoms with Crippen LogP contribution in [0.15, 0.2) is 48.1 Å². The molecular weight excluding hydrogens is 258 g/mol. The third-order valence-electron chi connectivity index (χ3n) is 4.99. The number of allylic oxidation sites excluding steroid dienone is 4. The fraction of sp³-hybridized carbons (Fsp3) is 0.368. The van der Waals surface area contributed by atoms with Crippen molar-refractivity contribution in [3.05, 3.63) is 53.6 Å². The zero-order chi connectivity index (χ0) is 15.0. The summed E-state index contributed by atoms with van der Waals surface area (Å²) in [5, 5.41) is 9.21. The summed E-state index contributed by atoms with van der Waals surface area (Å²) in [5.41, 5.74) is 2.48. The monoisotopic (exact) mass is 277 g/mol. The molecule has 0 fully saturated rings. The van der Waals surface area contributed by atoms with Crippen LogP contribution >= 0.6 is 0 Å². The van der Waals surface area contributed by atoms with Crippen LogP contribution in [0.4, 0.5) is 0 Å². The number of nitrogens with zero attached hydrogens (tertiary/aromatic N) is 1. The highest BCUT2D eigenvalue weighted by molar-refractivity contribution is 6.04. The van der Waals surface area contributed by atoms with Crippen molar-refractivity contribution in [3.8, 4) is 6.07 Å². The molecule has 0 heterocycles. The Bertz CT molecular complexity index is 673. The first-order valence-corrected chi connectivity index (χ1v) is 7.45. The first kappa shape index (κ1) is 13.8. The highest BCUT2D eigenvalue weighted by Crippen LogP contribution is 2.48. The van der Waals surface area contributed by atoms with Crippen LogP contribution in [0.1, 0.15) is 32.3 Å². The van der Waals surface area contributed by atoms with Crippen molar-refractivity contribution in [2.45, 2.75) is 26.7 Å². The average Bonchev–Trinajstić information content (AvgIpc) is 2.51. The number of hydrogen-bond donors (Lipinski definition) is 0. The van der Waals surface area contributed by atoms with Gasteiger partial charge in [0, 0.05) is 5.41 Å². The van der Waals surface area contributed by atoms with Gasteiger partial charge in [-0.3, -0.25) is 4.79 Å². The predicted octanol–water partition coefficient (Wildman–Crippen LogP) is 4.16. The summed E-state index contributed by atoms with van der Waals surface area (Å²) in [4.78, 5) is 12.4. The van der Waals surface area contributed by atoms with Gasteiger partial charge in [-0.1, -0.05) is 56.3 Å². The second-order valence-electron chi connectivity index (χ2n) is 6.55. The molecule has 0 bridgehead atoms. The minimum Gasteiger partial charge on any atom is -0.293 e. The van der Waals surface area contributed by atoms with Crippen LogP contribution in [0.25, 0.3) is 5.57 Å². The molecule has 0 amide bonds. The normalized spacial score (nSPS) is 27.2. The van der Waals surface area contributed by atoms with E-state index in [-0.39, 0.29) is 11.7 Å². The van der Waals surface area contributed by atoms with Gasteiger partial charge >= 0.3 is 0 Å². The molecule has 21 heavy (non-hydrogen) atoms. The molecule has 0 radical (unpaired) electrons. The molecule has 2 aliphatic carbocycles. The molecule has 106 valence electrons. The molecule has 2 nitrogen and oxygen atoms in total. The molecule has 2 atom stereocenters. The van der Waals surface area contributed by atoms with E-state index in [4.69, 9.17) is 0 Å². The maximum Gasteiger partial charge on any atom is 0.178 e. The lowest BCUT2D eigenvalue weighted by Gasteiger charge is -2.43. The highest BCUT2D eigenvalue weighted by Gasteiger charge is 2.46. The topological polar surface area (TPSA) is 40.9 Å². The zero-order valence-electron chi connectivity index (χ0n) is 12.5. The quantitative estimate of drug-likeness (QED) is 0.773. The summed E-state index contributed by atoms with van der Waals surface area (Å²) in [6.07, 6.45) is 6.00. The number of Topliss-reactive ketones (excluding diaryl/α,β-unsaturated/α-hetero) is 1. The standard InChI is InChI=1S/C19H19NO/c1-19(2)17-9-8-14(13-6-4-3-5-7-13)10-15(17)11-16(12-20)18(19)21/h3-8,11,15,17H,9-10H2,1-2H3. The number of rotatable bonds is 1. The van der Waals surface area contributed by atoms with Gasteiger partial charge < -0.3 is 0 Å². The first-order chi connectivity index (χ1) is 10.0. The molecule has 3 rings (SSSR count). The van der Waals surface area contributed by atoms with Crippen molar-refractivity contribution in [3.63, 3.8) is 0 Å². The predicted molar refractivity (Wildman–Crippen MR) is 83.1 cm³/mol. The Morgan fingerprint density at radius 1 is 1.24 bits per heavy atom. The maximum atomic E-state index is 12.4. The second-order valence-corrected chi connectivity index (χ2v) is 6.55. The van der Waals surface area contributed by atoms with Gasteiger partial charge in [0.05, 0.1) is 5.57 Å². The van der Waals surface area contributed by atoms with Gasteiger partial charge in [0.2, 0.25) is 0 Å². The van der Waals surface area contributed by atoms with Crippen LogP contribution in [0, 0.1) is 28.6 Å². The highest BCUT2D eigenvalue weighted by atomic mass is 16.1. The lowest BCUT2D eigenvalue weighted by atomic mass is 9.59. The minimum absolute atomic E-state index is 0.00260. The van der Waals surface area contributed by atoms with Gasteiger partial charge in [0.1, 0.15) is 6.07 Å². The van der Waals surface area contributed by atoms with Gasteiger partial charge in [0.25, 0.3) is 0 Å². The van der Waals surface area contributed by atoms with Crippen LogP contribution in [0.3, 0.4) is 0 Å². The van der Waals surface area contributed by atoms with Crippen molar-refractivity contribution in [2.75, 3.05) is 0 Å². The van der Waals surface area contributed by atoms with Crippen LogP contribution in [-0.2, 0) is 4.79 Å². The van der Waals surface area contributed by atoms with Gasteiger partial charge in [-0.25, -0.2) is 0 Å². The molecule has 0 saturated carbocycles. The number of hydrogen-bond acceptors (Lipinski definition) is 2. The lowest BCUT2D eigenvalue weighted by Crippen LogP contribution is -2.42. The van der Waals surface area contributed by atoms with E-state index in [2.05, 4.69) is 24.3 Å². The molecule has 2 aliphatic rings. The van der Waals surface area contributed by atoms with Crippen molar-refractivity contribution in [1.29, 1.82) is 5.26 Å². The Morgan fingerprint density at radius 3 is 2.62 bits per heavy atom. The molecule has 2 unspecified atom stereocenters. The zero-order valence-corrected chi connectivity index (χ0v) is 12.5. The molecule has 0 N–H and O–H groups in total. The summed E-state index contributed by atoms with van der Waals surface area (Å²) in [7, 11) is 0. The van der Waals surface area contributed by atoms with Crippen LogP contribution in [0.5, 0.6) is 0 Å². The van der Waals surface area contributed by atoms with Gasteiger partial charge in [-0.15, -0.1) is 0 Å². The Hall–Kier alpha value is -2.14. The number of carbonyl (C=O) groups is 1. The molecule has 0 aliphatic heterocycles. The van der Waals surface area contributed by atoms with E-state index < -0.39 is 5.41 Å². The van der Waals surface area contributed by atoms with E-state index >= 15 is 0 Å². The minimum atomic E-state index is -0.441. The third kappa shape index (κ3) is 2.23.